The van der Waals surface area contributed by atoms with Crippen LogP contribution in [0, 0.1) is 0 Å². The lowest BCUT2D eigenvalue weighted by atomic mass is 10.2. The quantitative estimate of drug-likeness (QED) is 0.299. The van der Waals surface area contributed by atoms with E-state index in [2.05, 4.69) is 30.7 Å². The number of hydrogen-bond acceptors (Lipinski definition) is 7. The first-order valence-corrected chi connectivity index (χ1v) is 10.0. The lowest BCUT2D eigenvalue weighted by molar-refractivity contribution is -0.121. The van der Waals surface area contributed by atoms with Gasteiger partial charge in [0.2, 0.25) is 11.5 Å². The minimum atomic E-state index is -0.590. The molecule has 11 nitrogen and oxygen atoms in total. The largest absolute Gasteiger partial charge is 0.394 e. The van der Waals surface area contributed by atoms with E-state index in [4.69, 9.17) is 10.8 Å². The number of amidine groups is 1. The standard InChI is InChI=1S/C20H25N9O2/c1-28-18(27-17(21)13-10-24-29(12-13)8-9-30)14-4-2-3-5-15(14)25-20(28)26-16-11-22-6-7-23-19(16)31/h2-5,10,12,16,22,30H,6-9,11H2,1H3,(H2,21,27)(H,23,31)/t16-/m1/s1. The Labute approximate surface area is 178 Å². The molecule has 1 atom stereocenters. The second-order valence-electron chi connectivity index (χ2n) is 7.16. The summed E-state index contributed by atoms with van der Waals surface area (Å²) in [4.78, 5) is 26.2. The van der Waals surface area contributed by atoms with Gasteiger partial charge in [0.05, 0.1) is 30.4 Å². The van der Waals surface area contributed by atoms with Crippen LogP contribution in [0.15, 0.2) is 46.6 Å². The monoisotopic (exact) mass is 423 g/mol. The highest BCUT2D eigenvalue weighted by molar-refractivity contribution is 6.00. The van der Waals surface area contributed by atoms with Crippen molar-refractivity contribution in [3.05, 3.63) is 47.8 Å². The molecule has 0 bridgehead atoms. The summed E-state index contributed by atoms with van der Waals surface area (Å²) in [7, 11) is 1.79. The zero-order valence-electron chi connectivity index (χ0n) is 17.2. The molecule has 1 aromatic carbocycles. The van der Waals surface area contributed by atoms with E-state index in [-0.39, 0.29) is 18.3 Å². The Morgan fingerprint density at radius 2 is 2.19 bits per heavy atom. The molecule has 1 amide bonds. The summed E-state index contributed by atoms with van der Waals surface area (Å²) in [5, 5.41) is 20.1. The zero-order chi connectivity index (χ0) is 21.8. The van der Waals surface area contributed by atoms with Crippen LogP contribution >= 0.6 is 0 Å². The van der Waals surface area contributed by atoms with Crippen molar-refractivity contribution in [2.45, 2.75) is 12.6 Å². The number of nitrogens with zero attached hydrogens (tertiary/aromatic N) is 6. The Balaban J connectivity index is 1.83. The first kappa shape index (κ1) is 20.7. The highest BCUT2D eigenvalue weighted by Crippen LogP contribution is 2.22. The van der Waals surface area contributed by atoms with Crippen LogP contribution in [0.5, 0.6) is 0 Å². The smallest absolute Gasteiger partial charge is 0.246 e. The van der Waals surface area contributed by atoms with E-state index in [0.717, 1.165) is 5.39 Å². The first-order valence-electron chi connectivity index (χ1n) is 10.0. The van der Waals surface area contributed by atoms with Crippen molar-refractivity contribution in [2.75, 3.05) is 26.2 Å². The SMILES string of the molecule is Cn1c(/N=C(\N)c2cnn(CCO)c2)c2ccccc2nc1=N[C@@H]1CNCCNC1=O. The van der Waals surface area contributed by atoms with E-state index in [0.29, 0.717) is 48.7 Å². The highest BCUT2D eigenvalue weighted by Gasteiger charge is 2.20. The third kappa shape index (κ3) is 4.47. The van der Waals surface area contributed by atoms with Crippen LogP contribution in [0.1, 0.15) is 5.56 Å². The Morgan fingerprint density at radius 1 is 1.35 bits per heavy atom. The van der Waals surface area contributed by atoms with E-state index < -0.39 is 6.04 Å². The molecule has 0 spiro atoms. The van der Waals surface area contributed by atoms with Gasteiger partial charge in [0.15, 0.2) is 0 Å². The molecule has 1 aliphatic rings. The van der Waals surface area contributed by atoms with Gasteiger partial charge in [-0.1, -0.05) is 12.1 Å². The molecule has 0 radical (unpaired) electrons. The zero-order valence-corrected chi connectivity index (χ0v) is 17.2. The molecular weight excluding hydrogens is 398 g/mol. The third-order valence-corrected chi connectivity index (χ3v) is 4.98. The molecule has 11 heteroatoms. The van der Waals surface area contributed by atoms with Crippen molar-refractivity contribution in [1.29, 1.82) is 0 Å². The van der Waals surface area contributed by atoms with Gasteiger partial charge in [-0.05, 0) is 12.1 Å². The number of para-hydroxylation sites is 1. The average Bonchev–Trinajstić information content (AvgIpc) is 3.14. The van der Waals surface area contributed by atoms with Gasteiger partial charge < -0.3 is 21.5 Å². The van der Waals surface area contributed by atoms with Crippen LogP contribution in [0.25, 0.3) is 10.9 Å². The van der Waals surface area contributed by atoms with Crippen molar-refractivity contribution in [2.24, 2.45) is 22.8 Å². The molecule has 3 heterocycles. The van der Waals surface area contributed by atoms with Gasteiger partial charge in [-0.15, -0.1) is 0 Å². The van der Waals surface area contributed by atoms with E-state index in [1.807, 2.05) is 24.3 Å². The summed E-state index contributed by atoms with van der Waals surface area (Å²) in [6, 6.07) is 6.97. The molecule has 31 heavy (non-hydrogen) atoms. The van der Waals surface area contributed by atoms with E-state index in [1.54, 1.807) is 28.7 Å². The van der Waals surface area contributed by atoms with E-state index >= 15 is 0 Å². The van der Waals surface area contributed by atoms with Crippen molar-refractivity contribution in [1.82, 2.24) is 30.0 Å². The summed E-state index contributed by atoms with van der Waals surface area (Å²) in [5.74, 6) is 0.704. The number of aliphatic hydroxyl groups excluding tert-OH is 1. The molecule has 0 unspecified atom stereocenters. The number of benzene rings is 1. The van der Waals surface area contributed by atoms with E-state index in [1.165, 1.54) is 0 Å². The van der Waals surface area contributed by atoms with Crippen LogP contribution in [0.2, 0.25) is 0 Å². The topological polar surface area (TPSA) is 148 Å². The summed E-state index contributed by atoms with van der Waals surface area (Å²) in [6.45, 7) is 2.06. The fourth-order valence-electron chi connectivity index (χ4n) is 3.34. The number of amides is 1. The van der Waals surface area contributed by atoms with Gasteiger partial charge in [0, 0.05) is 38.3 Å². The maximum Gasteiger partial charge on any atom is 0.246 e. The molecule has 162 valence electrons. The summed E-state index contributed by atoms with van der Waals surface area (Å²) < 4.78 is 3.33. The lowest BCUT2D eigenvalue weighted by Gasteiger charge is -2.12. The van der Waals surface area contributed by atoms with Gasteiger partial charge in [0.1, 0.15) is 17.7 Å². The molecule has 2 aromatic heterocycles. The number of carbonyl (C=O) groups excluding carboxylic acids is 1. The molecule has 1 saturated heterocycles. The van der Waals surface area contributed by atoms with Gasteiger partial charge >= 0.3 is 0 Å². The van der Waals surface area contributed by atoms with Crippen LogP contribution < -0.4 is 22.0 Å². The normalized spacial score (nSPS) is 18.3. The summed E-state index contributed by atoms with van der Waals surface area (Å²) >= 11 is 0. The van der Waals surface area contributed by atoms with Crippen molar-refractivity contribution >= 4 is 28.5 Å². The van der Waals surface area contributed by atoms with Gasteiger partial charge in [-0.2, -0.15) is 5.10 Å². The first-order chi connectivity index (χ1) is 15.1. The Bertz CT molecular complexity index is 1190. The number of aliphatic imine (C=N–C) groups is 1. The molecule has 1 fully saturated rings. The third-order valence-electron chi connectivity index (χ3n) is 4.98. The highest BCUT2D eigenvalue weighted by atomic mass is 16.3. The second kappa shape index (κ2) is 9.06. The van der Waals surface area contributed by atoms with Crippen LogP contribution in [-0.4, -0.2) is 68.5 Å². The number of rotatable bonds is 5. The number of carbonyl (C=O) groups is 1. The van der Waals surface area contributed by atoms with E-state index in [9.17, 15) is 4.79 Å². The minimum Gasteiger partial charge on any atom is -0.394 e. The van der Waals surface area contributed by atoms with Crippen molar-refractivity contribution < 1.29 is 9.90 Å². The Morgan fingerprint density at radius 3 is 3.03 bits per heavy atom. The van der Waals surface area contributed by atoms with Crippen LogP contribution in [0.4, 0.5) is 5.82 Å². The average molecular weight is 423 g/mol. The Hall–Kier alpha value is -3.57. The molecule has 5 N–H and O–H groups in total. The number of nitrogens with one attached hydrogen (secondary N) is 2. The van der Waals surface area contributed by atoms with Crippen molar-refractivity contribution in [3.63, 3.8) is 0 Å². The fourth-order valence-corrected chi connectivity index (χ4v) is 3.34. The molecule has 1 aliphatic heterocycles. The van der Waals surface area contributed by atoms with Crippen LogP contribution in [-0.2, 0) is 18.4 Å². The van der Waals surface area contributed by atoms with Gasteiger partial charge in [0.25, 0.3) is 0 Å². The van der Waals surface area contributed by atoms with Gasteiger partial charge in [-0.3, -0.25) is 14.0 Å². The maximum atomic E-state index is 12.3. The van der Waals surface area contributed by atoms with Gasteiger partial charge in [-0.25, -0.2) is 15.0 Å². The summed E-state index contributed by atoms with van der Waals surface area (Å²) in [5.41, 5.74) is 7.99. The maximum absolute atomic E-state index is 12.3. The Kier molecular flexibility index (Phi) is 6.05. The molecule has 0 aliphatic carbocycles. The predicted octanol–water partition coefficient (Wildman–Crippen LogP) is -1.21. The fraction of sp³-hybridized carbons (Fsp3) is 0.350. The predicted molar refractivity (Wildman–Crippen MR) is 116 cm³/mol. The van der Waals surface area contributed by atoms with Crippen LogP contribution in [0.3, 0.4) is 0 Å². The van der Waals surface area contributed by atoms with Crippen molar-refractivity contribution in [3.8, 4) is 0 Å². The minimum absolute atomic E-state index is 0.0173. The number of nitrogens with two attached hydrogens (primary N) is 1. The molecule has 3 aromatic rings. The number of hydrogen-bond donors (Lipinski definition) is 4. The number of aliphatic hydroxyl groups is 1. The summed E-state index contributed by atoms with van der Waals surface area (Å²) in [6.07, 6.45) is 3.33. The molecule has 0 saturated carbocycles. The lowest BCUT2D eigenvalue weighted by Crippen LogP contribution is -2.37. The second-order valence-corrected chi connectivity index (χ2v) is 7.16. The molecule has 4 rings (SSSR count). The number of fused-ring (bicyclic) bond motifs is 1. The number of aromatic nitrogens is 4. The molecular formula is C20H25N9O2.